The van der Waals surface area contributed by atoms with Crippen LogP contribution in [-0.4, -0.2) is 48.3 Å². The normalized spacial score (nSPS) is 29.6. The van der Waals surface area contributed by atoms with Crippen molar-refractivity contribution in [2.75, 3.05) is 26.2 Å². The van der Waals surface area contributed by atoms with Gasteiger partial charge in [0.15, 0.2) is 0 Å². The standard InChI is InChI=1S/C17H34N2O/c1-16(2,3)20-15-8-11-19(17(4,5)12-15)13-14-6-9-18-10-7-14/h14-15,18H,6-13H2,1-5H3/t15-/m1/s1. The van der Waals surface area contributed by atoms with E-state index in [1.54, 1.807) is 0 Å². The molecular weight excluding hydrogens is 248 g/mol. The van der Waals surface area contributed by atoms with Gasteiger partial charge >= 0.3 is 0 Å². The first-order valence-electron chi connectivity index (χ1n) is 8.40. The second-order valence-corrected chi connectivity index (χ2v) is 8.30. The molecule has 3 nitrogen and oxygen atoms in total. The average molecular weight is 282 g/mol. The highest BCUT2D eigenvalue weighted by Crippen LogP contribution is 2.32. The number of rotatable bonds is 3. The molecule has 0 aromatic rings. The molecule has 1 N–H and O–H groups in total. The summed E-state index contributed by atoms with van der Waals surface area (Å²) in [4.78, 5) is 2.71. The minimum absolute atomic E-state index is 0.0159. The maximum Gasteiger partial charge on any atom is 0.0611 e. The van der Waals surface area contributed by atoms with Gasteiger partial charge in [0.05, 0.1) is 11.7 Å². The summed E-state index contributed by atoms with van der Waals surface area (Å²) < 4.78 is 6.22. The van der Waals surface area contributed by atoms with E-state index in [-0.39, 0.29) is 11.1 Å². The molecule has 1 atom stereocenters. The lowest BCUT2D eigenvalue weighted by Gasteiger charge is -2.48. The molecular formula is C17H34N2O. The molecule has 20 heavy (non-hydrogen) atoms. The summed E-state index contributed by atoms with van der Waals surface area (Å²) in [7, 11) is 0. The number of nitrogens with one attached hydrogen (secondary N) is 1. The third-order valence-corrected chi connectivity index (χ3v) is 4.76. The van der Waals surface area contributed by atoms with Crippen LogP contribution in [0.5, 0.6) is 0 Å². The van der Waals surface area contributed by atoms with Crippen molar-refractivity contribution in [2.24, 2.45) is 5.92 Å². The van der Waals surface area contributed by atoms with Crippen molar-refractivity contribution in [3.8, 4) is 0 Å². The van der Waals surface area contributed by atoms with Gasteiger partial charge in [-0.1, -0.05) is 0 Å². The monoisotopic (exact) mass is 282 g/mol. The summed E-state index contributed by atoms with van der Waals surface area (Å²) in [5.41, 5.74) is 0.261. The smallest absolute Gasteiger partial charge is 0.0611 e. The molecule has 0 aliphatic carbocycles. The molecule has 0 radical (unpaired) electrons. The predicted octanol–water partition coefficient (Wildman–Crippen LogP) is 3.04. The molecule has 0 aromatic heterocycles. The van der Waals surface area contributed by atoms with Crippen LogP contribution in [0.4, 0.5) is 0 Å². The first-order valence-corrected chi connectivity index (χ1v) is 8.40. The molecule has 2 heterocycles. The number of hydrogen-bond donors (Lipinski definition) is 1. The van der Waals surface area contributed by atoms with E-state index in [4.69, 9.17) is 4.74 Å². The number of likely N-dealkylation sites (tertiary alicyclic amines) is 1. The zero-order chi connectivity index (χ0) is 14.8. The quantitative estimate of drug-likeness (QED) is 0.861. The van der Waals surface area contributed by atoms with Crippen molar-refractivity contribution in [3.63, 3.8) is 0 Å². The maximum absolute atomic E-state index is 6.22. The summed E-state index contributed by atoms with van der Waals surface area (Å²) in [6, 6.07) is 0. The summed E-state index contributed by atoms with van der Waals surface area (Å²) in [5, 5.41) is 3.47. The Balaban J connectivity index is 1.87. The van der Waals surface area contributed by atoms with Crippen molar-refractivity contribution < 1.29 is 4.74 Å². The molecule has 0 bridgehead atoms. The molecule has 0 unspecified atom stereocenters. The number of nitrogens with zero attached hydrogens (tertiary/aromatic N) is 1. The highest BCUT2D eigenvalue weighted by Gasteiger charge is 2.37. The van der Waals surface area contributed by atoms with Crippen LogP contribution in [-0.2, 0) is 4.74 Å². The van der Waals surface area contributed by atoms with Crippen LogP contribution < -0.4 is 5.32 Å². The van der Waals surface area contributed by atoms with E-state index >= 15 is 0 Å². The number of piperidine rings is 2. The highest BCUT2D eigenvalue weighted by atomic mass is 16.5. The summed E-state index contributed by atoms with van der Waals surface area (Å²) in [6.45, 7) is 16.2. The van der Waals surface area contributed by atoms with Crippen molar-refractivity contribution in [3.05, 3.63) is 0 Å². The lowest BCUT2D eigenvalue weighted by molar-refractivity contribution is -0.110. The van der Waals surface area contributed by atoms with Gasteiger partial charge in [0.1, 0.15) is 0 Å². The van der Waals surface area contributed by atoms with Gasteiger partial charge in [0.25, 0.3) is 0 Å². The molecule has 0 spiro atoms. The van der Waals surface area contributed by atoms with Gasteiger partial charge in [-0.05, 0) is 79.3 Å². The molecule has 0 amide bonds. The fourth-order valence-electron chi connectivity index (χ4n) is 3.71. The largest absolute Gasteiger partial charge is 0.373 e. The fourth-order valence-corrected chi connectivity index (χ4v) is 3.71. The van der Waals surface area contributed by atoms with Gasteiger partial charge < -0.3 is 10.1 Å². The topological polar surface area (TPSA) is 24.5 Å². The number of ether oxygens (including phenoxy) is 1. The molecule has 0 aromatic carbocycles. The Labute approximate surface area is 125 Å². The summed E-state index contributed by atoms with van der Waals surface area (Å²) >= 11 is 0. The van der Waals surface area contributed by atoms with E-state index in [0.717, 1.165) is 12.3 Å². The second kappa shape index (κ2) is 6.33. The third-order valence-electron chi connectivity index (χ3n) is 4.76. The first-order chi connectivity index (χ1) is 9.26. The minimum atomic E-state index is -0.0159. The van der Waals surface area contributed by atoms with E-state index in [1.807, 2.05) is 0 Å². The highest BCUT2D eigenvalue weighted by molar-refractivity contribution is 4.92. The van der Waals surface area contributed by atoms with E-state index in [0.29, 0.717) is 6.10 Å². The van der Waals surface area contributed by atoms with Crippen LogP contribution in [0, 0.1) is 5.92 Å². The van der Waals surface area contributed by atoms with E-state index in [2.05, 4.69) is 44.8 Å². The molecule has 118 valence electrons. The van der Waals surface area contributed by atoms with Gasteiger partial charge in [-0.25, -0.2) is 0 Å². The fraction of sp³-hybridized carbons (Fsp3) is 1.00. The van der Waals surface area contributed by atoms with Crippen LogP contribution in [0.1, 0.15) is 60.3 Å². The Morgan fingerprint density at radius 2 is 1.80 bits per heavy atom. The first kappa shape index (κ1) is 16.3. The molecule has 2 fully saturated rings. The maximum atomic E-state index is 6.22. The van der Waals surface area contributed by atoms with E-state index < -0.39 is 0 Å². The van der Waals surface area contributed by atoms with Gasteiger partial charge in [0, 0.05) is 18.6 Å². The second-order valence-electron chi connectivity index (χ2n) is 8.30. The Bertz CT molecular complexity index is 303. The minimum Gasteiger partial charge on any atom is -0.373 e. The molecule has 2 rings (SSSR count). The molecule has 0 saturated carbocycles. The lowest BCUT2D eigenvalue weighted by atomic mass is 9.86. The molecule has 2 saturated heterocycles. The summed E-state index contributed by atoms with van der Waals surface area (Å²) in [5.74, 6) is 0.885. The Hall–Kier alpha value is -0.120. The van der Waals surface area contributed by atoms with Gasteiger partial charge in [0.2, 0.25) is 0 Å². The van der Waals surface area contributed by atoms with Crippen molar-refractivity contribution >= 4 is 0 Å². The van der Waals surface area contributed by atoms with Gasteiger partial charge in [-0.3, -0.25) is 4.90 Å². The summed E-state index contributed by atoms with van der Waals surface area (Å²) in [6.07, 6.45) is 5.46. The van der Waals surface area contributed by atoms with Crippen LogP contribution in [0.2, 0.25) is 0 Å². The average Bonchev–Trinajstić information content (AvgIpc) is 2.31. The molecule has 2 aliphatic heterocycles. The lowest BCUT2D eigenvalue weighted by Crippen LogP contribution is -2.54. The third kappa shape index (κ3) is 4.71. The van der Waals surface area contributed by atoms with Gasteiger partial charge in [-0.15, -0.1) is 0 Å². The SMILES string of the molecule is CC(C)(C)O[C@@H]1CCN(CC2CCNCC2)C(C)(C)C1. The number of hydrogen-bond acceptors (Lipinski definition) is 3. The zero-order valence-electron chi connectivity index (χ0n) is 14.2. The van der Waals surface area contributed by atoms with Crippen molar-refractivity contribution in [2.45, 2.75) is 77.5 Å². The zero-order valence-corrected chi connectivity index (χ0v) is 14.2. The van der Waals surface area contributed by atoms with E-state index in [9.17, 15) is 0 Å². The predicted molar refractivity (Wildman–Crippen MR) is 85.1 cm³/mol. The Morgan fingerprint density at radius 1 is 1.15 bits per heavy atom. The van der Waals surface area contributed by atoms with Crippen molar-refractivity contribution in [1.82, 2.24) is 10.2 Å². The molecule has 3 heteroatoms. The van der Waals surface area contributed by atoms with Crippen molar-refractivity contribution in [1.29, 1.82) is 0 Å². The van der Waals surface area contributed by atoms with Gasteiger partial charge in [-0.2, -0.15) is 0 Å². The Morgan fingerprint density at radius 3 is 2.35 bits per heavy atom. The molecule has 2 aliphatic rings. The van der Waals surface area contributed by atoms with Crippen LogP contribution >= 0.6 is 0 Å². The van der Waals surface area contributed by atoms with Crippen LogP contribution in [0.3, 0.4) is 0 Å². The van der Waals surface area contributed by atoms with Crippen LogP contribution in [0.15, 0.2) is 0 Å². The van der Waals surface area contributed by atoms with Crippen LogP contribution in [0.25, 0.3) is 0 Å². The Kier molecular flexibility index (Phi) is 5.14. The van der Waals surface area contributed by atoms with E-state index in [1.165, 1.54) is 45.4 Å².